The lowest BCUT2D eigenvalue weighted by Gasteiger charge is -2.17. The number of nitrogens with zero attached hydrogens (tertiary/aromatic N) is 1. The third kappa shape index (κ3) is 2.59. The number of rotatable bonds is 4. The van der Waals surface area contributed by atoms with E-state index in [0.29, 0.717) is 24.2 Å². The van der Waals surface area contributed by atoms with Gasteiger partial charge < -0.3 is 29.5 Å². The Hall–Kier alpha value is -2.68. The Bertz CT molecular complexity index is 970. The molecule has 2 aliphatic rings. The molecular weight excluding hydrogens is 336 g/mol. The topological polar surface area (TPSA) is 101 Å². The highest BCUT2D eigenvalue weighted by Crippen LogP contribution is 2.39. The number of fused-ring (bicyclic) bond motifs is 2. The Balaban J connectivity index is 1.28. The van der Waals surface area contributed by atoms with E-state index in [2.05, 4.69) is 20.3 Å². The second-order valence-corrected chi connectivity index (χ2v) is 6.48. The molecule has 0 bridgehead atoms. The van der Waals surface area contributed by atoms with Gasteiger partial charge in [-0.25, -0.2) is 4.98 Å². The number of aromatic nitrogens is 3. The SMILES string of the molecule is O=c1[nH]cnc2c(NC[C@H]3CO[C@H]4OC(c5ccccc5)OC34)c[nH]c12. The zero-order chi connectivity index (χ0) is 17.5. The highest BCUT2D eigenvalue weighted by Gasteiger charge is 2.47. The molecule has 2 unspecified atom stereocenters. The standard InChI is InChI=1S/C18H18N4O4/c23-16-14-13(21-9-22-16)12(7-20-14)19-6-11-8-24-18-15(11)25-17(26-18)10-4-2-1-3-5-10/h1-5,7,9,11,15,17-20H,6,8H2,(H,21,22,23)/t11-,15?,17?,18-/m0/s1. The van der Waals surface area contributed by atoms with Crippen molar-refractivity contribution in [1.29, 1.82) is 0 Å². The van der Waals surface area contributed by atoms with Crippen molar-refractivity contribution in [2.45, 2.75) is 18.7 Å². The number of nitrogens with one attached hydrogen (secondary N) is 3. The molecule has 134 valence electrons. The van der Waals surface area contributed by atoms with Crippen LogP contribution in [0.1, 0.15) is 11.9 Å². The number of ether oxygens (including phenoxy) is 3. The number of benzene rings is 1. The van der Waals surface area contributed by atoms with Crippen molar-refractivity contribution in [2.24, 2.45) is 5.92 Å². The third-order valence-corrected chi connectivity index (χ3v) is 4.84. The molecule has 4 atom stereocenters. The first kappa shape index (κ1) is 15.6. The van der Waals surface area contributed by atoms with Crippen LogP contribution in [0.25, 0.3) is 11.0 Å². The Morgan fingerprint density at radius 1 is 1.19 bits per heavy atom. The fourth-order valence-corrected chi connectivity index (χ4v) is 3.49. The lowest BCUT2D eigenvalue weighted by atomic mass is 10.1. The molecule has 4 heterocycles. The van der Waals surface area contributed by atoms with Crippen LogP contribution in [0.2, 0.25) is 0 Å². The maximum absolute atomic E-state index is 11.8. The maximum atomic E-state index is 11.8. The summed E-state index contributed by atoms with van der Waals surface area (Å²) in [5.74, 6) is 0.139. The number of aromatic amines is 2. The fourth-order valence-electron chi connectivity index (χ4n) is 3.49. The molecule has 26 heavy (non-hydrogen) atoms. The normalized spacial score (nSPS) is 27.7. The van der Waals surface area contributed by atoms with Gasteiger partial charge in [-0.2, -0.15) is 0 Å². The fraction of sp³-hybridized carbons (Fsp3) is 0.333. The van der Waals surface area contributed by atoms with Crippen LogP contribution in [-0.4, -0.2) is 40.5 Å². The Kier molecular flexibility index (Phi) is 3.74. The smallest absolute Gasteiger partial charge is 0.275 e. The van der Waals surface area contributed by atoms with Gasteiger partial charge in [0.15, 0.2) is 12.6 Å². The lowest BCUT2D eigenvalue weighted by molar-refractivity contribution is -0.143. The number of H-pyrrole nitrogens is 2. The molecule has 0 saturated carbocycles. The van der Waals surface area contributed by atoms with E-state index in [1.54, 1.807) is 6.20 Å². The van der Waals surface area contributed by atoms with Gasteiger partial charge in [-0.3, -0.25) is 4.79 Å². The largest absolute Gasteiger partial charge is 0.382 e. The first-order valence-electron chi connectivity index (χ1n) is 8.56. The molecule has 3 aromatic rings. The summed E-state index contributed by atoms with van der Waals surface area (Å²) in [6.45, 7) is 1.19. The van der Waals surface area contributed by atoms with Crippen LogP contribution in [0.3, 0.4) is 0 Å². The van der Waals surface area contributed by atoms with E-state index in [1.807, 2.05) is 30.3 Å². The molecule has 2 aromatic heterocycles. The lowest BCUT2D eigenvalue weighted by Crippen LogP contribution is -2.28. The summed E-state index contributed by atoms with van der Waals surface area (Å²) in [6, 6.07) is 9.84. The molecule has 2 fully saturated rings. The first-order valence-corrected chi connectivity index (χ1v) is 8.56. The van der Waals surface area contributed by atoms with E-state index < -0.39 is 6.29 Å². The third-order valence-electron chi connectivity index (χ3n) is 4.84. The summed E-state index contributed by atoms with van der Waals surface area (Å²) in [6.07, 6.45) is 2.27. The monoisotopic (exact) mass is 354 g/mol. The zero-order valence-electron chi connectivity index (χ0n) is 13.8. The number of anilines is 1. The van der Waals surface area contributed by atoms with E-state index in [4.69, 9.17) is 14.2 Å². The molecule has 1 aromatic carbocycles. The summed E-state index contributed by atoms with van der Waals surface area (Å²) < 4.78 is 17.7. The van der Waals surface area contributed by atoms with E-state index in [1.165, 1.54) is 6.33 Å². The van der Waals surface area contributed by atoms with Crippen molar-refractivity contribution in [3.8, 4) is 0 Å². The van der Waals surface area contributed by atoms with Gasteiger partial charge >= 0.3 is 0 Å². The minimum atomic E-state index is -0.401. The minimum Gasteiger partial charge on any atom is -0.382 e. The molecule has 2 aliphatic heterocycles. The summed E-state index contributed by atoms with van der Waals surface area (Å²) in [5, 5.41) is 3.34. The Morgan fingerprint density at radius 3 is 2.96 bits per heavy atom. The summed E-state index contributed by atoms with van der Waals surface area (Å²) in [4.78, 5) is 21.5. The summed E-state index contributed by atoms with van der Waals surface area (Å²) in [7, 11) is 0. The van der Waals surface area contributed by atoms with Crippen molar-refractivity contribution in [3.63, 3.8) is 0 Å². The molecule has 3 N–H and O–H groups in total. The molecule has 0 amide bonds. The molecule has 2 saturated heterocycles. The van der Waals surface area contributed by atoms with Crippen molar-refractivity contribution in [1.82, 2.24) is 15.0 Å². The van der Waals surface area contributed by atoms with Crippen LogP contribution >= 0.6 is 0 Å². The Labute approximate surface area is 148 Å². The van der Waals surface area contributed by atoms with Crippen molar-refractivity contribution >= 4 is 16.7 Å². The van der Waals surface area contributed by atoms with Crippen LogP contribution in [-0.2, 0) is 14.2 Å². The molecule has 8 heteroatoms. The predicted octanol–water partition coefficient (Wildman–Crippen LogP) is 1.75. The molecule has 8 nitrogen and oxygen atoms in total. The average Bonchev–Trinajstić information content (AvgIpc) is 3.36. The van der Waals surface area contributed by atoms with Crippen LogP contribution < -0.4 is 10.9 Å². The van der Waals surface area contributed by atoms with Gasteiger partial charge in [-0.1, -0.05) is 30.3 Å². The van der Waals surface area contributed by atoms with Crippen LogP contribution in [0, 0.1) is 5.92 Å². The van der Waals surface area contributed by atoms with Crippen LogP contribution in [0.15, 0.2) is 47.7 Å². The number of hydrogen-bond donors (Lipinski definition) is 3. The van der Waals surface area contributed by atoms with Crippen molar-refractivity contribution < 1.29 is 14.2 Å². The van der Waals surface area contributed by atoms with Gasteiger partial charge in [-0.05, 0) is 0 Å². The van der Waals surface area contributed by atoms with Gasteiger partial charge in [0, 0.05) is 24.2 Å². The van der Waals surface area contributed by atoms with E-state index >= 15 is 0 Å². The highest BCUT2D eigenvalue weighted by molar-refractivity contribution is 5.87. The molecule has 0 radical (unpaired) electrons. The van der Waals surface area contributed by atoms with E-state index in [9.17, 15) is 4.79 Å². The van der Waals surface area contributed by atoms with E-state index in [-0.39, 0.29) is 23.9 Å². The van der Waals surface area contributed by atoms with E-state index in [0.717, 1.165) is 11.3 Å². The Morgan fingerprint density at radius 2 is 2.08 bits per heavy atom. The van der Waals surface area contributed by atoms with Crippen molar-refractivity contribution in [3.05, 3.63) is 58.8 Å². The first-order chi connectivity index (χ1) is 12.8. The minimum absolute atomic E-state index is 0.130. The highest BCUT2D eigenvalue weighted by atomic mass is 16.8. The van der Waals surface area contributed by atoms with Gasteiger partial charge in [0.1, 0.15) is 17.1 Å². The predicted molar refractivity (Wildman–Crippen MR) is 93.6 cm³/mol. The second kappa shape index (κ2) is 6.24. The van der Waals surface area contributed by atoms with Gasteiger partial charge in [0.25, 0.3) is 5.56 Å². The van der Waals surface area contributed by atoms with Crippen LogP contribution in [0.5, 0.6) is 0 Å². The molecule has 5 rings (SSSR count). The number of hydrogen-bond acceptors (Lipinski definition) is 6. The van der Waals surface area contributed by atoms with Gasteiger partial charge in [0.2, 0.25) is 0 Å². The van der Waals surface area contributed by atoms with Crippen molar-refractivity contribution in [2.75, 3.05) is 18.5 Å². The van der Waals surface area contributed by atoms with Gasteiger partial charge in [0.05, 0.1) is 18.6 Å². The maximum Gasteiger partial charge on any atom is 0.275 e. The van der Waals surface area contributed by atoms with Gasteiger partial charge in [-0.15, -0.1) is 0 Å². The zero-order valence-corrected chi connectivity index (χ0v) is 13.8. The molecular formula is C18H18N4O4. The summed E-state index contributed by atoms with van der Waals surface area (Å²) in [5.41, 5.74) is 2.66. The second-order valence-electron chi connectivity index (χ2n) is 6.48. The quantitative estimate of drug-likeness (QED) is 0.660. The van der Waals surface area contributed by atoms with Crippen LogP contribution in [0.4, 0.5) is 5.69 Å². The molecule has 0 aliphatic carbocycles. The average molecular weight is 354 g/mol. The molecule has 0 spiro atoms. The summed E-state index contributed by atoms with van der Waals surface area (Å²) >= 11 is 0.